The molecule has 0 amide bonds. The first-order valence-electron chi connectivity index (χ1n) is 7.91. The molecule has 8 saturated carbocycles. The summed E-state index contributed by atoms with van der Waals surface area (Å²) in [4.78, 5) is 0. The second-order valence-electron chi connectivity index (χ2n) is 8.94. The normalized spacial score (nSPS) is 97.5. The molecule has 0 saturated heterocycles. The predicted octanol–water partition coefficient (Wildman–Crippen LogP) is 2.79. The van der Waals surface area contributed by atoms with Crippen molar-refractivity contribution >= 4 is 0 Å². The van der Waals surface area contributed by atoms with Crippen LogP contribution in [0.15, 0.2) is 0 Å². The fraction of sp³-hybridized carbons (Fsp3) is 1.00. The highest BCUT2D eigenvalue weighted by Gasteiger charge is 3.03. The van der Waals surface area contributed by atoms with Crippen LogP contribution in [0, 0.1) is 70.0 Å². The zero-order valence-corrected chi connectivity index (χ0v) is 9.60. The number of rotatable bonds is 0. The highest BCUT2D eigenvalue weighted by atomic mass is 15.1. The summed E-state index contributed by atoms with van der Waals surface area (Å²) in [5.74, 6) is 12.9. The van der Waals surface area contributed by atoms with E-state index in [9.17, 15) is 0 Å². The molecule has 8 fully saturated rings. The maximum atomic E-state index is 1.70. The van der Waals surface area contributed by atoms with Gasteiger partial charge in [-0.25, -0.2) is 0 Å². The highest BCUT2D eigenvalue weighted by molar-refractivity contribution is 5.49. The summed E-state index contributed by atoms with van der Waals surface area (Å²) in [5.41, 5.74) is 2.12. The summed E-state index contributed by atoms with van der Waals surface area (Å²) in [6.45, 7) is 0. The number of fused-ring (bicyclic) bond motifs is 4. The van der Waals surface area contributed by atoms with Crippen molar-refractivity contribution in [3.05, 3.63) is 0 Å². The molecule has 0 N–H and O–H groups in total. The van der Waals surface area contributed by atoms with Crippen LogP contribution in [0.5, 0.6) is 0 Å². The third kappa shape index (κ3) is 0.274. The van der Waals surface area contributed by atoms with Crippen LogP contribution >= 0.6 is 0 Å². The average Bonchev–Trinajstić information content (AvgIpc) is 2.17. The van der Waals surface area contributed by atoms with Crippen LogP contribution < -0.4 is 0 Å². The van der Waals surface area contributed by atoms with E-state index in [4.69, 9.17) is 0 Å². The van der Waals surface area contributed by atoms with Gasteiger partial charge in [0.15, 0.2) is 0 Å². The molecule has 82 valence electrons. The number of hydrogen-bond acceptors (Lipinski definition) is 0. The van der Waals surface area contributed by atoms with E-state index in [-0.39, 0.29) is 0 Å². The van der Waals surface area contributed by atoms with Gasteiger partial charge in [0.25, 0.3) is 0 Å². The van der Waals surface area contributed by atoms with Crippen LogP contribution in [-0.4, -0.2) is 0 Å². The van der Waals surface area contributed by atoms with Gasteiger partial charge >= 0.3 is 0 Å². The van der Waals surface area contributed by atoms with Crippen molar-refractivity contribution in [2.75, 3.05) is 0 Å². The van der Waals surface area contributed by atoms with Gasteiger partial charge in [0.2, 0.25) is 0 Å². The van der Waals surface area contributed by atoms with Gasteiger partial charge in [-0.2, -0.15) is 0 Å². The minimum atomic E-state index is 1.06. The Labute approximate surface area is 96.2 Å². The Morgan fingerprint density at radius 1 is 0.500 bits per heavy atom. The van der Waals surface area contributed by atoms with E-state index >= 15 is 0 Å². The van der Waals surface area contributed by atoms with Gasteiger partial charge in [-0.3, -0.25) is 0 Å². The predicted molar refractivity (Wildman–Crippen MR) is 58.2 cm³/mol. The Kier molecular flexibility index (Phi) is 0.591. The second-order valence-corrected chi connectivity index (χ2v) is 8.94. The van der Waals surface area contributed by atoms with Gasteiger partial charge in [-0.15, -0.1) is 0 Å². The van der Waals surface area contributed by atoms with Crippen molar-refractivity contribution in [3.63, 3.8) is 0 Å². The Morgan fingerprint density at radius 2 is 1.00 bits per heavy atom. The van der Waals surface area contributed by atoms with Gasteiger partial charge < -0.3 is 0 Å². The van der Waals surface area contributed by atoms with Crippen LogP contribution in [0.1, 0.15) is 25.7 Å². The molecule has 0 aromatic rings. The molecule has 0 heteroatoms. The average molecular weight is 210 g/mol. The minimum Gasteiger partial charge on any atom is -0.0464 e. The molecule has 0 aromatic heterocycles. The maximum Gasteiger partial charge on any atom is -0.0136 e. The van der Waals surface area contributed by atoms with Crippen LogP contribution in [-0.2, 0) is 0 Å². The zero-order valence-electron chi connectivity index (χ0n) is 9.60. The fourth-order valence-corrected chi connectivity index (χ4v) is 10.7. The number of hydrogen-bond donors (Lipinski definition) is 0. The summed E-state index contributed by atoms with van der Waals surface area (Å²) in [6.07, 6.45) is 6.80. The van der Waals surface area contributed by atoms with Crippen molar-refractivity contribution < 1.29 is 0 Å². The van der Waals surface area contributed by atoms with Crippen molar-refractivity contribution in [1.82, 2.24) is 0 Å². The summed E-state index contributed by atoms with van der Waals surface area (Å²) < 4.78 is 0. The van der Waals surface area contributed by atoms with Crippen molar-refractivity contribution in [2.24, 2.45) is 70.0 Å². The zero-order chi connectivity index (χ0) is 9.60. The first kappa shape index (κ1) is 6.81. The summed E-state index contributed by atoms with van der Waals surface area (Å²) >= 11 is 0. The van der Waals surface area contributed by atoms with E-state index in [0.29, 0.717) is 0 Å². The quantitative estimate of drug-likeness (QED) is 0.577. The first-order chi connectivity index (χ1) is 7.91. The molecule has 0 nitrogen and oxygen atoms in total. The van der Waals surface area contributed by atoms with E-state index in [1.165, 1.54) is 59.2 Å². The van der Waals surface area contributed by atoms with Crippen LogP contribution in [0.3, 0.4) is 0 Å². The topological polar surface area (TPSA) is 0 Å². The molecule has 0 aliphatic heterocycles. The lowest BCUT2D eigenvalue weighted by Crippen LogP contribution is -3.03. The largest absolute Gasteiger partial charge is 0.0464 e. The summed E-state index contributed by atoms with van der Waals surface area (Å²) in [6, 6.07) is 0. The monoisotopic (exact) mass is 210 g/mol. The Bertz CT molecular complexity index is 446. The second kappa shape index (κ2) is 1.39. The molecule has 6 unspecified atom stereocenters. The van der Waals surface area contributed by atoms with Crippen LogP contribution in [0.2, 0.25) is 0 Å². The minimum absolute atomic E-state index is 1.06. The smallest absolute Gasteiger partial charge is 0.0136 e. The Hall–Kier alpha value is 0. The Balaban J connectivity index is 1.49. The molecule has 16 heavy (non-hydrogen) atoms. The van der Waals surface area contributed by atoms with Crippen LogP contribution in [0.4, 0.5) is 0 Å². The van der Waals surface area contributed by atoms with Gasteiger partial charge in [0.1, 0.15) is 0 Å². The van der Waals surface area contributed by atoms with Crippen LogP contribution in [0.25, 0.3) is 0 Å². The highest BCUT2D eigenvalue weighted by Crippen LogP contribution is 3.07. The third-order valence-corrected chi connectivity index (χ3v) is 10.3. The van der Waals surface area contributed by atoms with Crippen molar-refractivity contribution in [2.45, 2.75) is 25.7 Å². The van der Waals surface area contributed by atoms with Gasteiger partial charge in [0.05, 0.1) is 0 Å². The van der Waals surface area contributed by atoms with E-state index in [1.54, 1.807) is 25.7 Å². The lowest BCUT2D eigenvalue weighted by Gasteiger charge is -3.07. The summed E-state index contributed by atoms with van der Waals surface area (Å²) in [5, 5.41) is 0. The SMILES string of the molecule is C1C2C3CC4[C@H]3C35[C@H](C[C@@H]43)[C@@H]3C[C@@H]4C1[C@@H]2C435. The van der Waals surface area contributed by atoms with E-state index in [1.807, 2.05) is 0 Å². The summed E-state index contributed by atoms with van der Waals surface area (Å²) in [7, 11) is 0. The molecular weight excluding hydrogens is 192 g/mol. The maximum absolute atomic E-state index is 1.70. The van der Waals surface area contributed by atoms with E-state index in [0.717, 1.165) is 10.8 Å². The lowest BCUT2D eigenvalue weighted by atomic mass is 8.97. The van der Waals surface area contributed by atoms with Crippen molar-refractivity contribution in [3.8, 4) is 0 Å². The molecule has 0 bridgehead atoms. The van der Waals surface area contributed by atoms with Gasteiger partial charge in [-0.1, -0.05) is 0 Å². The van der Waals surface area contributed by atoms with Gasteiger partial charge in [0, 0.05) is 0 Å². The third-order valence-electron chi connectivity index (χ3n) is 10.3. The van der Waals surface area contributed by atoms with Gasteiger partial charge in [-0.05, 0) is 95.7 Å². The molecule has 0 radical (unpaired) electrons. The first-order valence-corrected chi connectivity index (χ1v) is 7.91. The lowest BCUT2D eigenvalue weighted by molar-refractivity contribution is -0.600. The molecule has 2 spiro atoms. The molecule has 8 rings (SSSR count). The fourth-order valence-electron chi connectivity index (χ4n) is 10.7. The van der Waals surface area contributed by atoms with Crippen molar-refractivity contribution in [1.29, 1.82) is 0 Å². The molecule has 12 atom stereocenters. The molecule has 8 aliphatic carbocycles. The molecule has 8 aliphatic rings. The molecule has 0 aromatic carbocycles. The van der Waals surface area contributed by atoms with E-state index in [2.05, 4.69) is 0 Å². The standard InChI is InChI=1S/C16H18/c1-5-6-2-8-10-4-12-11-3-9-7(1)13(5)15(9,11)16(10,12)14(6)8/h5-14H,1-4H2/t5?,6?,7?,8?,9-,10+,11+,12-,13-,14+,15?,16?. The van der Waals surface area contributed by atoms with E-state index < -0.39 is 0 Å². The molecule has 0 heterocycles. The Morgan fingerprint density at radius 3 is 1.50 bits per heavy atom. The molecular formula is C16H18.